The van der Waals surface area contributed by atoms with Crippen LogP contribution in [0.1, 0.15) is 11.1 Å². The molecule has 5 nitrogen and oxygen atoms in total. The molecule has 1 aromatic heterocycles. The van der Waals surface area contributed by atoms with Gasteiger partial charge < -0.3 is 10.2 Å². The number of nitrogens with zero attached hydrogens (tertiary/aromatic N) is 4. The fraction of sp³-hybridized carbons (Fsp3) is 0.273. The molecule has 162 valence electrons. The van der Waals surface area contributed by atoms with Crippen molar-refractivity contribution in [2.45, 2.75) is 13.1 Å². The van der Waals surface area contributed by atoms with Crippen LogP contribution in [0.4, 0.5) is 10.2 Å². The molecular formula is C22H22Cl2FN5S. The second-order valence-corrected chi connectivity index (χ2v) is 8.65. The van der Waals surface area contributed by atoms with Gasteiger partial charge in [-0.3, -0.25) is 9.58 Å². The van der Waals surface area contributed by atoms with Crippen LogP contribution >= 0.6 is 35.4 Å². The Morgan fingerprint density at radius 2 is 1.77 bits per heavy atom. The number of anilines is 1. The molecule has 1 saturated heterocycles. The Morgan fingerprint density at radius 3 is 2.52 bits per heavy atom. The Labute approximate surface area is 196 Å². The summed E-state index contributed by atoms with van der Waals surface area (Å²) in [5.74, 6) is 0.414. The largest absolute Gasteiger partial charge is 0.346 e. The Balaban J connectivity index is 1.27. The van der Waals surface area contributed by atoms with Crippen molar-refractivity contribution in [3.8, 4) is 0 Å². The molecular weight excluding hydrogens is 456 g/mol. The number of thiocarbonyl (C=S) groups is 1. The molecule has 0 radical (unpaired) electrons. The number of aromatic nitrogens is 2. The topological polar surface area (TPSA) is 36.3 Å². The highest BCUT2D eigenvalue weighted by Gasteiger charge is 2.20. The summed E-state index contributed by atoms with van der Waals surface area (Å²) in [7, 11) is 0. The van der Waals surface area contributed by atoms with Crippen molar-refractivity contribution in [3.63, 3.8) is 0 Å². The van der Waals surface area contributed by atoms with Gasteiger partial charge in [0.1, 0.15) is 5.82 Å². The predicted molar refractivity (Wildman–Crippen MR) is 127 cm³/mol. The maximum atomic E-state index is 13.8. The van der Waals surface area contributed by atoms with E-state index in [0.717, 1.165) is 38.3 Å². The third kappa shape index (κ3) is 5.74. The molecule has 0 saturated carbocycles. The number of hydrogen-bond donors (Lipinski definition) is 1. The van der Waals surface area contributed by atoms with Gasteiger partial charge in [0.15, 0.2) is 10.9 Å². The third-order valence-electron chi connectivity index (χ3n) is 5.23. The molecule has 1 aliphatic rings. The van der Waals surface area contributed by atoms with Crippen LogP contribution in [-0.4, -0.2) is 50.9 Å². The average molecular weight is 478 g/mol. The lowest BCUT2D eigenvalue weighted by Crippen LogP contribution is -2.49. The Bertz CT molecular complexity index is 1070. The van der Waals surface area contributed by atoms with Gasteiger partial charge >= 0.3 is 0 Å². The summed E-state index contributed by atoms with van der Waals surface area (Å²) in [6.07, 6.45) is 1.81. The smallest absolute Gasteiger partial charge is 0.174 e. The van der Waals surface area contributed by atoms with Crippen LogP contribution in [-0.2, 0) is 13.1 Å². The summed E-state index contributed by atoms with van der Waals surface area (Å²) in [6, 6.07) is 14.2. The Hall–Kier alpha value is -2.19. The van der Waals surface area contributed by atoms with Gasteiger partial charge in [-0.2, -0.15) is 5.10 Å². The van der Waals surface area contributed by atoms with Crippen molar-refractivity contribution in [3.05, 3.63) is 81.7 Å². The van der Waals surface area contributed by atoms with E-state index in [1.165, 1.54) is 6.07 Å². The van der Waals surface area contributed by atoms with E-state index in [-0.39, 0.29) is 5.82 Å². The van der Waals surface area contributed by atoms with Gasteiger partial charge in [0, 0.05) is 60.6 Å². The van der Waals surface area contributed by atoms with Gasteiger partial charge in [0.2, 0.25) is 0 Å². The van der Waals surface area contributed by atoms with Gasteiger partial charge in [0.05, 0.1) is 6.54 Å². The molecule has 9 heteroatoms. The fourth-order valence-electron chi connectivity index (χ4n) is 3.51. The number of nitrogens with one attached hydrogen (secondary N) is 1. The zero-order chi connectivity index (χ0) is 21.8. The third-order valence-corrected chi connectivity index (χ3v) is 6.18. The summed E-state index contributed by atoms with van der Waals surface area (Å²) >= 11 is 17.8. The molecule has 0 atom stereocenters. The van der Waals surface area contributed by atoms with Gasteiger partial charge in [-0.25, -0.2) is 4.39 Å². The molecule has 0 amide bonds. The maximum absolute atomic E-state index is 13.8. The number of piperazine rings is 1. The van der Waals surface area contributed by atoms with Gasteiger partial charge in [0.25, 0.3) is 0 Å². The van der Waals surface area contributed by atoms with Crippen LogP contribution in [0.5, 0.6) is 0 Å². The molecule has 0 unspecified atom stereocenters. The second-order valence-electron chi connectivity index (χ2n) is 7.42. The van der Waals surface area contributed by atoms with Crippen LogP contribution in [0.3, 0.4) is 0 Å². The molecule has 1 N–H and O–H groups in total. The van der Waals surface area contributed by atoms with Crippen LogP contribution in [0.2, 0.25) is 10.0 Å². The van der Waals surface area contributed by atoms with Gasteiger partial charge in [-0.05, 0) is 36.0 Å². The minimum absolute atomic E-state index is 0.235. The van der Waals surface area contributed by atoms with Crippen molar-refractivity contribution in [1.29, 1.82) is 0 Å². The minimum Gasteiger partial charge on any atom is -0.346 e. The summed E-state index contributed by atoms with van der Waals surface area (Å²) < 4.78 is 15.5. The summed E-state index contributed by atoms with van der Waals surface area (Å²) in [5, 5.41) is 9.62. The first-order valence-electron chi connectivity index (χ1n) is 9.97. The van der Waals surface area contributed by atoms with Crippen molar-refractivity contribution in [2.24, 2.45) is 0 Å². The highest BCUT2D eigenvalue weighted by molar-refractivity contribution is 7.80. The molecule has 2 heterocycles. The van der Waals surface area contributed by atoms with E-state index >= 15 is 0 Å². The molecule has 31 heavy (non-hydrogen) atoms. The zero-order valence-electron chi connectivity index (χ0n) is 16.8. The number of halogens is 3. The van der Waals surface area contributed by atoms with E-state index in [1.807, 2.05) is 30.5 Å². The van der Waals surface area contributed by atoms with Crippen molar-refractivity contribution in [2.75, 3.05) is 31.5 Å². The normalized spacial score (nSPS) is 14.6. The molecule has 0 aliphatic carbocycles. The summed E-state index contributed by atoms with van der Waals surface area (Å²) in [6.45, 7) is 4.53. The fourth-order valence-corrected chi connectivity index (χ4v) is 4.26. The van der Waals surface area contributed by atoms with Crippen LogP contribution < -0.4 is 5.32 Å². The Morgan fingerprint density at radius 1 is 1.00 bits per heavy atom. The lowest BCUT2D eigenvalue weighted by Gasteiger charge is -2.36. The van der Waals surface area contributed by atoms with E-state index < -0.39 is 0 Å². The highest BCUT2D eigenvalue weighted by Crippen LogP contribution is 2.23. The molecule has 4 rings (SSSR count). The van der Waals surface area contributed by atoms with Gasteiger partial charge in [-0.15, -0.1) is 0 Å². The standard InChI is InChI=1S/C22H22Cl2FN5S/c23-18-6-5-16(19(24)13-18)14-28-9-11-29(12-10-28)22(31)26-21-7-8-30(27-21)15-17-3-1-2-4-20(17)25/h1-8,13H,9-12,14-15H2,(H,26,27,31). The first kappa shape index (κ1) is 22.0. The van der Waals surface area contributed by atoms with E-state index in [0.29, 0.717) is 33.1 Å². The quantitative estimate of drug-likeness (QED) is 0.529. The van der Waals surface area contributed by atoms with Crippen molar-refractivity contribution >= 4 is 46.4 Å². The monoisotopic (exact) mass is 477 g/mol. The van der Waals surface area contributed by atoms with E-state index in [9.17, 15) is 4.39 Å². The Kier molecular flexibility index (Phi) is 7.07. The average Bonchev–Trinajstić information content (AvgIpc) is 3.19. The minimum atomic E-state index is -0.235. The molecule has 0 spiro atoms. The SMILES string of the molecule is Fc1ccccc1Cn1ccc(NC(=S)N2CCN(Cc3ccc(Cl)cc3Cl)CC2)n1. The van der Waals surface area contributed by atoms with E-state index in [1.54, 1.807) is 22.9 Å². The molecule has 0 bridgehead atoms. The van der Waals surface area contributed by atoms with Crippen LogP contribution in [0.15, 0.2) is 54.7 Å². The van der Waals surface area contributed by atoms with Crippen LogP contribution in [0.25, 0.3) is 0 Å². The van der Waals surface area contributed by atoms with Crippen LogP contribution in [0, 0.1) is 5.82 Å². The molecule has 1 aliphatic heterocycles. The first-order chi connectivity index (χ1) is 15.0. The predicted octanol–water partition coefficient (Wildman–Crippen LogP) is 4.89. The zero-order valence-corrected chi connectivity index (χ0v) is 19.1. The molecule has 1 fully saturated rings. The van der Waals surface area contributed by atoms with Crippen molar-refractivity contribution < 1.29 is 4.39 Å². The first-order valence-corrected chi connectivity index (χ1v) is 11.1. The van der Waals surface area contributed by atoms with E-state index in [2.05, 4.69) is 20.2 Å². The van der Waals surface area contributed by atoms with Gasteiger partial charge in [-0.1, -0.05) is 47.5 Å². The lowest BCUT2D eigenvalue weighted by molar-refractivity contribution is 0.177. The lowest BCUT2D eigenvalue weighted by atomic mass is 10.2. The number of hydrogen-bond acceptors (Lipinski definition) is 3. The molecule has 3 aromatic rings. The highest BCUT2D eigenvalue weighted by atomic mass is 35.5. The summed E-state index contributed by atoms with van der Waals surface area (Å²) in [4.78, 5) is 4.47. The number of benzene rings is 2. The number of rotatable bonds is 5. The maximum Gasteiger partial charge on any atom is 0.174 e. The van der Waals surface area contributed by atoms with Crippen molar-refractivity contribution in [1.82, 2.24) is 19.6 Å². The molecule has 2 aromatic carbocycles. The van der Waals surface area contributed by atoms with E-state index in [4.69, 9.17) is 35.4 Å². The summed E-state index contributed by atoms with van der Waals surface area (Å²) in [5.41, 5.74) is 1.66. The second kappa shape index (κ2) is 9.96.